The maximum Gasteiger partial charge on any atom is 0.260 e. The molecule has 3 rings (SSSR count). The van der Waals surface area contributed by atoms with Crippen molar-refractivity contribution < 1.29 is 4.79 Å². The molecule has 24 heavy (non-hydrogen) atoms. The van der Waals surface area contributed by atoms with Gasteiger partial charge in [-0.3, -0.25) is 10.1 Å². The van der Waals surface area contributed by atoms with Crippen LogP contribution in [0.25, 0.3) is 11.3 Å². The lowest BCUT2D eigenvalue weighted by Crippen LogP contribution is -2.12. The molecule has 8 heteroatoms. The Balaban J connectivity index is 1.86. The fraction of sp³-hybridized carbons (Fsp3) is 0.0625. The molecule has 3 aromatic rings. The third-order valence-electron chi connectivity index (χ3n) is 3.19. The predicted molar refractivity (Wildman–Crippen MR) is 105 cm³/mol. The van der Waals surface area contributed by atoms with Crippen LogP contribution in [0.15, 0.2) is 45.5 Å². The number of rotatable bonds is 3. The normalized spacial score (nSPS) is 10.7. The van der Waals surface area contributed by atoms with Crippen LogP contribution in [0, 0.1) is 6.92 Å². The molecule has 0 unspecified atom stereocenters. The van der Waals surface area contributed by atoms with Crippen LogP contribution in [-0.2, 0) is 0 Å². The number of nitrogens with one attached hydrogen (secondary N) is 1. The van der Waals surface area contributed by atoms with Gasteiger partial charge in [0, 0.05) is 25.6 Å². The van der Waals surface area contributed by atoms with Gasteiger partial charge < -0.3 is 0 Å². The summed E-state index contributed by atoms with van der Waals surface area (Å²) in [4.78, 5) is 21.9. The number of carbonyl (C=O) groups excluding carboxylic acids is 1. The summed E-state index contributed by atoms with van der Waals surface area (Å²) >= 11 is 14.1. The minimum absolute atomic E-state index is 0.150. The highest BCUT2D eigenvalue weighted by molar-refractivity contribution is 9.10. The van der Waals surface area contributed by atoms with E-state index in [9.17, 15) is 4.79 Å². The Kier molecular flexibility index (Phi) is 5.34. The second-order valence-corrected chi connectivity index (χ2v) is 8.27. The van der Waals surface area contributed by atoms with Crippen LogP contribution in [-0.4, -0.2) is 15.9 Å². The van der Waals surface area contributed by atoms with E-state index in [1.807, 2.05) is 31.2 Å². The van der Waals surface area contributed by atoms with Gasteiger partial charge in [-0.25, -0.2) is 9.97 Å². The number of amides is 1. The first-order valence-electron chi connectivity index (χ1n) is 6.80. The largest absolute Gasteiger partial charge is 0.298 e. The van der Waals surface area contributed by atoms with Crippen LogP contribution in [0.4, 0.5) is 5.13 Å². The smallest absolute Gasteiger partial charge is 0.260 e. The topological polar surface area (TPSA) is 54.9 Å². The predicted octanol–water partition coefficient (Wildman–Crippen LogP) is 5.94. The average Bonchev–Trinajstić information content (AvgIpc) is 2.91. The first-order chi connectivity index (χ1) is 11.4. The van der Waals surface area contributed by atoms with Gasteiger partial charge in [0.15, 0.2) is 5.13 Å². The molecule has 122 valence electrons. The first kappa shape index (κ1) is 17.5. The van der Waals surface area contributed by atoms with Crippen molar-refractivity contribution >= 4 is 65.8 Å². The summed E-state index contributed by atoms with van der Waals surface area (Å²) in [6, 6.07) is 9.50. The van der Waals surface area contributed by atoms with E-state index in [1.54, 1.807) is 6.07 Å². The molecule has 0 radical (unpaired) electrons. The number of thiazole rings is 1. The molecule has 0 aliphatic carbocycles. The van der Waals surface area contributed by atoms with Crippen molar-refractivity contribution in [3.05, 3.63) is 61.1 Å². The lowest BCUT2D eigenvalue weighted by molar-refractivity contribution is 0.102. The van der Waals surface area contributed by atoms with Gasteiger partial charge in [0.2, 0.25) is 0 Å². The van der Waals surface area contributed by atoms with E-state index in [2.05, 4.69) is 47.1 Å². The SMILES string of the molecule is Cc1sc(NC(=O)c2cc(Br)cnc2Cl)nc1-c1ccc(Br)cc1. The van der Waals surface area contributed by atoms with Crippen LogP contribution >= 0.6 is 54.8 Å². The minimum Gasteiger partial charge on any atom is -0.298 e. The van der Waals surface area contributed by atoms with Crippen molar-refractivity contribution in [3.63, 3.8) is 0 Å². The van der Waals surface area contributed by atoms with Crippen molar-refractivity contribution in [1.82, 2.24) is 9.97 Å². The molecule has 0 fully saturated rings. The maximum absolute atomic E-state index is 12.4. The Bertz CT molecular complexity index is 912. The molecule has 1 aromatic carbocycles. The molecule has 4 nitrogen and oxygen atoms in total. The zero-order valence-corrected chi connectivity index (χ0v) is 17.1. The van der Waals surface area contributed by atoms with Crippen LogP contribution in [0.3, 0.4) is 0 Å². The van der Waals surface area contributed by atoms with E-state index in [4.69, 9.17) is 11.6 Å². The van der Waals surface area contributed by atoms with Gasteiger partial charge >= 0.3 is 0 Å². The van der Waals surface area contributed by atoms with E-state index < -0.39 is 0 Å². The standard InChI is InChI=1S/C16H10Br2ClN3OS/c1-8-13(9-2-4-10(17)5-3-9)21-16(24-8)22-15(23)12-6-11(18)7-20-14(12)19/h2-7H,1H3,(H,21,22,23). The van der Waals surface area contributed by atoms with Gasteiger partial charge in [-0.2, -0.15) is 0 Å². The molecule has 1 amide bonds. The summed E-state index contributed by atoms with van der Waals surface area (Å²) in [5, 5.41) is 3.45. The van der Waals surface area contributed by atoms with Crippen molar-refractivity contribution in [2.75, 3.05) is 5.32 Å². The molecule has 2 aromatic heterocycles. The van der Waals surface area contributed by atoms with Crippen molar-refractivity contribution in [1.29, 1.82) is 0 Å². The average molecular weight is 488 g/mol. The van der Waals surface area contributed by atoms with Gasteiger partial charge in [0.25, 0.3) is 5.91 Å². The Morgan fingerprint density at radius 3 is 2.62 bits per heavy atom. The summed E-state index contributed by atoms with van der Waals surface area (Å²) in [6.07, 6.45) is 1.54. The molecule has 0 aliphatic heterocycles. The summed E-state index contributed by atoms with van der Waals surface area (Å²) < 4.78 is 1.69. The van der Waals surface area contributed by atoms with Gasteiger partial charge in [0.05, 0.1) is 11.3 Å². The number of pyridine rings is 1. The zero-order chi connectivity index (χ0) is 17.3. The Morgan fingerprint density at radius 2 is 1.92 bits per heavy atom. The number of anilines is 1. The van der Waals surface area contributed by atoms with E-state index >= 15 is 0 Å². The second-order valence-electron chi connectivity index (χ2n) is 4.88. The van der Waals surface area contributed by atoms with Gasteiger partial charge in [-0.15, -0.1) is 11.3 Å². The highest BCUT2D eigenvalue weighted by Crippen LogP contribution is 2.31. The van der Waals surface area contributed by atoms with Crippen molar-refractivity contribution in [3.8, 4) is 11.3 Å². The molecule has 0 atom stereocenters. The van der Waals surface area contributed by atoms with Gasteiger partial charge in [-0.05, 0) is 41.1 Å². The van der Waals surface area contributed by atoms with E-state index in [-0.39, 0.29) is 11.1 Å². The number of benzene rings is 1. The quantitative estimate of drug-likeness (QED) is 0.465. The zero-order valence-electron chi connectivity index (χ0n) is 12.3. The number of aromatic nitrogens is 2. The number of aryl methyl sites for hydroxylation is 1. The molecular formula is C16H10Br2ClN3OS. The molecular weight excluding hydrogens is 478 g/mol. The number of hydrogen-bond donors (Lipinski definition) is 1. The highest BCUT2D eigenvalue weighted by Gasteiger charge is 2.16. The monoisotopic (exact) mass is 485 g/mol. The van der Waals surface area contributed by atoms with E-state index in [1.165, 1.54) is 17.5 Å². The fourth-order valence-electron chi connectivity index (χ4n) is 2.07. The van der Waals surface area contributed by atoms with Crippen LogP contribution in [0.2, 0.25) is 5.15 Å². The molecule has 0 bridgehead atoms. The highest BCUT2D eigenvalue weighted by atomic mass is 79.9. The molecule has 0 spiro atoms. The van der Waals surface area contributed by atoms with Crippen LogP contribution in [0.5, 0.6) is 0 Å². The summed E-state index contributed by atoms with van der Waals surface area (Å²) in [5.74, 6) is -0.343. The Labute approximate surface area is 164 Å². The fourth-order valence-corrected chi connectivity index (χ4v) is 3.69. The third kappa shape index (κ3) is 3.85. The Hall–Kier alpha value is -1.28. The number of halogens is 3. The second kappa shape index (κ2) is 7.31. The number of carbonyl (C=O) groups is 1. The summed E-state index contributed by atoms with van der Waals surface area (Å²) in [7, 11) is 0. The minimum atomic E-state index is -0.343. The molecule has 0 saturated heterocycles. The van der Waals surface area contributed by atoms with Gasteiger partial charge in [-0.1, -0.05) is 39.7 Å². The molecule has 2 heterocycles. The van der Waals surface area contributed by atoms with Crippen LogP contribution in [0.1, 0.15) is 15.2 Å². The lowest BCUT2D eigenvalue weighted by atomic mass is 10.1. The van der Waals surface area contributed by atoms with E-state index in [0.29, 0.717) is 15.2 Å². The first-order valence-corrected chi connectivity index (χ1v) is 9.58. The van der Waals surface area contributed by atoms with E-state index in [0.717, 1.165) is 20.6 Å². The molecule has 0 saturated carbocycles. The van der Waals surface area contributed by atoms with Gasteiger partial charge in [0.1, 0.15) is 5.15 Å². The maximum atomic E-state index is 12.4. The summed E-state index contributed by atoms with van der Waals surface area (Å²) in [6.45, 7) is 1.97. The summed E-state index contributed by atoms with van der Waals surface area (Å²) in [5.41, 5.74) is 2.14. The van der Waals surface area contributed by atoms with Crippen LogP contribution < -0.4 is 5.32 Å². The number of nitrogens with zero attached hydrogens (tertiary/aromatic N) is 2. The molecule has 1 N–H and O–H groups in total. The van der Waals surface area contributed by atoms with Crippen molar-refractivity contribution in [2.45, 2.75) is 6.92 Å². The third-order valence-corrected chi connectivity index (χ3v) is 5.33. The van der Waals surface area contributed by atoms with Crippen molar-refractivity contribution in [2.24, 2.45) is 0 Å². The lowest BCUT2D eigenvalue weighted by Gasteiger charge is -2.04. The Morgan fingerprint density at radius 1 is 1.21 bits per heavy atom. The number of hydrogen-bond acceptors (Lipinski definition) is 4. The molecule has 0 aliphatic rings.